The molecular weight excluding hydrogens is 1490 g/mol. The van der Waals surface area contributed by atoms with Crippen molar-refractivity contribution in [3.05, 3.63) is 210 Å². The van der Waals surface area contributed by atoms with Gasteiger partial charge in [-0.3, -0.25) is 53.1 Å². The fraction of sp³-hybridized carbons (Fsp3) is 0.395. The summed E-state index contributed by atoms with van der Waals surface area (Å²) in [6.07, 6.45) is 17.7. The Morgan fingerprint density at radius 1 is 0.569 bits per heavy atom. The number of unbranched alkanes of at least 4 members (excludes halogenated alkanes) is 4. The summed E-state index contributed by atoms with van der Waals surface area (Å²) in [5.74, 6) is -3.17. The van der Waals surface area contributed by atoms with Gasteiger partial charge in [0.25, 0.3) is 41.7 Å². The molecule has 0 radical (unpaired) electrons. The maximum Gasteiger partial charge on any atom is 0.322 e. The molecule has 4 aliphatic rings. The number of carbonyl (C=O) groups excluding carboxylic acids is 3. The molecule has 0 atom stereocenters. The number of aliphatic carboxylic acids is 1. The molecule has 0 aliphatic carbocycles. The van der Waals surface area contributed by atoms with Gasteiger partial charge in [0.15, 0.2) is 18.0 Å². The number of hydrogen-bond donors (Lipinski definition) is 7. The van der Waals surface area contributed by atoms with Gasteiger partial charge < -0.3 is 25.5 Å². The van der Waals surface area contributed by atoms with Crippen molar-refractivity contribution in [2.45, 2.75) is 164 Å². The van der Waals surface area contributed by atoms with Crippen LogP contribution in [0.5, 0.6) is 0 Å². The molecule has 33 heteroatoms. The highest BCUT2D eigenvalue weighted by Crippen LogP contribution is 2.51. The van der Waals surface area contributed by atoms with E-state index in [0.29, 0.717) is 79.2 Å². The molecule has 0 saturated heterocycles. The van der Waals surface area contributed by atoms with Crippen LogP contribution in [0.3, 0.4) is 0 Å². The highest BCUT2D eigenvalue weighted by Gasteiger charge is 2.48. The largest absolute Gasteiger partial charge is 0.480 e. The van der Waals surface area contributed by atoms with Crippen LogP contribution in [0.15, 0.2) is 161 Å². The Kier molecular flexibility index (Phi) is 26.3. The average Bonchev–Trinajstić information content (AvgIpc) is 1.64. The summed E-state index contributed by atoms with van der Waals surface area (Å²) < 4.78 is 109. The highest BCUT2D eigenvalue weighted by molar-refractivity contribution is 7.94. The van der Waals surface area contributed by atoms with Crippen LogP contribution in [-0.4, -0.2) is 141 Å². The maximum atomic E-state index is 13.5. The first-order valence-corrected chi connectivity index (χ1v) is 40.6. The number of non-ortho nitro benzene ring substituents is 2. The van der Waals surface area contributed by atoms with Crippen LogP contribution in [0, 0.1) is 20.2 Å². The number of rotatable bonds is 37. The number of Topliss-reactive ketones (excluding diaryl/α,β-unsaturated/α-hetero) is 1. The number of carboxylic acids is 1. The predicted octanol–water partition coefficient (Wildman–Crippen LogP) is 12.1. The molecule has 0 spiro atoms. The van der Waals surface area contributed by atoms with Gasteiger partial charge in [-0.25, -0.2) is 5.26 Å². The molecule has 29 nitrogen and oxygen atoms in total. The van der Waals surface area contributed by atoms with Crippen molar-refractivity contribution in [2.75, 3.05) is 47.5 Å². The van der Waals surface area contributed by atoms with Crippen molar-refractivity contribution in [1.82, 2.24) is 10.6 Å². The minimum atomic E-state index is -4.63. The summed E-state index contributed by atoms with van der Waals surface area (Å²) in [5, 5.41) is 51.0. The molecule has 0 aromatic heterocycles. The Morgan fingerprint density at radius 3 is 1.72 bits per heavy atom. The number of nitro groups is 2. The molecule has 582 valence electrons. The van der Waals surface area contributed by atoms with Gasteiger partial charge in [-0.05, 0) is 137 Å². The third kappa shape index (κ3) is 20.3. The molecule has 4 aliphatic heterocycles. The maximum absolute atomic E-state index is 13.5. The SMILES string of the molecule is CC1(C)C(=CC=CC2=[N+](CCCCS(=O)(=O)O)c3ccc(CC(=O)NCC(=O)O)cc3C2(C)C)N(CCCCS(=O)(=O)O)c2ccc(CNC(=O)CC(=O)CCCCCN3/C(=C/C=C/C=C/C4=[N+](Cc5cc([N+](=O)[O-])cc([N+](=O)[O-])c5)c5ccc(S(=O)(=O)O)cc5C4(C)C)C(C)(C)c4cc(SOOO)ccc43)cc21. The number of allylic oxidation sites excluding steroid dienone is 10. The Morgan fingerprint density at radius 2 is 1.11 bits per heavy atom. The second-order valence-corrected chi connectivity index (χ2v) is 34.6. The van der Waals surface area contributed by atoms with Gasteiger partial charge in [0.05, 0.1) is 68.0 Å². The second-order valence-electron chi connectivity index (χ2n) is 29.3. The normalized spacial score (nSPS) is 17.0. The zero-order chi connectivity index (χ0) is 79.8. The third-order valence-corrected chi connectivity index (χ3v) is 23.1. The van der Waals surface area contributed by atoms with E-state index in [1.54, 1.807) is 28.9 Å². The number of amides is 2. The fourth-order valence-electron chi connectivity index (χ4n) is 14.7. The zero-order valence-corrected chi connectivity index (χ0v) is 64.9. The van der Waals surface area contributed by atoms with E-state index >= 15 is 0 Å². The van der Waals surface area contributed by atoms with Crippen molar-refractivity contribution in [3.8, 4) is 0 Å². The molecule has 0 fully saturated rings. The van der Waals surface area contributed by atoms with Crippen LogP contribution >= 0.6 is 12.0 Å². The Bertz CT molecular complexity index is 5000. The lowest BCUT2D eigenvalue weighted by Crippen LogP contribution is -2.30. The number of nitrogens with one attached hydrogen (secondary N) is 2. The topological polar surface area (TPSA) is 413 Å². The molecule has 9 rings (SSSR count). The lowest BCUT2D eigenvalue weighted by molar-refractivity contribution is -0.455. The number of nitrogens with zero attached hydrogens (tertiary/aromatic N) is 6. The molecule has 0 unspecified atom stereocenters. The standard InChI is InChI=1S/C76H88N8O21S4/c1-73(2)58-40-50(42-70(86)78-48-72(88)89)25-29-62(58)80(34-15-17-36-107(95,96)97)67(73)23-19-24-68-74(3,4)59-41-51(26-30-63(59)81(68)35-16-18-37-108(98,99)100)47-77-71(87)44-55(85)20-11-10-14-33-79-64-31-27-56(106-105-104-94)45-60(64)75(5,6)66(79)21-12-9-13-22-69-76(7,8)61-46-57(109(101,102)103)28-32-65(61)82(69)49-52-38-53(83(90)91)43-54(39-52)84(92)93/h9,12-13,19,21-32,38-41,43,45-46H,10-11,14-18,20,33-37,42,44,47-49H2,1-8H3,(H5-2,77,78,86,87,88,89,94,95,96,97,98,99,100,101,102,103)/p+2. The molecule has 5 aromatic rings. The van der Waals surface area contributed by atoms with Crippen molar-refractivity contribution < 1.29 is 96.8 Å². The van der Waals surface area contributed by atoms with E-state index in [4.69, 9.17) is 14.7 Å². The number of fused-ring (bicyclic) bond motifs is 4. The fourth-order valence-corrected chi connectivity index (χ4v) is 16.7. The van der Waals surface area contributed by atoms with Crippen molar-refractivity contribution in [1.29, 1.82) is 0 Å². The molecule has 0 saturated carbocycles. The van der Waals surface area contributed by atoms with E-state index in [0.717, 1.165) is 74.5 Å². The molecule has 109 heavy (non-hydrogen) atoms. The summed E-state index contributed by atoms with van der Waals surface area (Å²) in [4.78, 5) is 77.7. The molecule has 5 aromatic carbocycles. The number of ketones is 1. The summed E-state index contributed by atoms with van der Waals surface area (Å²) in [6.45, 7) is 16.7. The first-order chi connectivity index (χ1) is 51.1. The van der Waals surface area contributed by atoms with Gasteiger partial charge in [-0.15, -0.1) is 4.33 Å². The number of hydrogen-bond acceptors (Lipinski definition) is 20. The summed E-state index contributed by atoms with van der Waals surface area (Å²) >= 11 is 0.821. The lowest BCUT2D eigenvalue weighted by Gasteiger charge is -2.27. The van der Waals surface area contributed by atoms with E-state index in [9.17, 15) is 78.3 Å². The second kappa shape index (κ2) is 34.2. The highest BCUT2D eigenvalue weighted by atomic mass is 32.2. The third-order valence-electron chi connectivity index (χ3n) is 20.1. The van der Waals surface area contributed by atoms with Gasteiger partial charge in [0.1, 0.15) is 18.9 Å². The lowest BCUT2D eigenvalue weighted by atomic mass is 9.80. The molecular formula is C76H90N8O21S4+2. The van der Waals surface area contributed by atoms with Gasteiger partial charge in [-0.1, -0.05) is 81.7 Å². The van der Waals surface area contributed by atoms with Crippen LogP contribution in [0.4, 0.5) is 34.1 Å². The number of benzene rings is 5. The number of nitro benzene ring substituents is 2. The predicted molar refractivity (Wildman–Crippen MR) is 410 cm³/mol. The van der Waals surface area contributed by atoms with E-state index in [1.807, 2.05) is 120 Å². The van der Waals surface area contributed by atoms with E-state index in [-0.39, 0.29) is 61.4 Å². The average molecular weight is 1580 g/mol. The summed E-state index contributed by atoms with van der Waals surface area (Å²) in [5.41, 5.74) is 7.39. The first kappa shape index (κ1) is 83.6. The minimum absolute atomic E-state index is 0.0681. The van der Waals surface area contributed by atoms with Crippen molar-refractivity contribution >= 4 is 112 Å². The summed E-state index contributed by atoms with van der Waals surface area (Å²) in [7, 11) is -13.1. The zero-order valence-electron chi connectivity index (χ0n) is 61.6. The van der Waals surface area contributed by atoms with E-state index in [1.165, 1.54) is 30.3 Å². The Balaban J connectivity index is 0.867. The molecule has 4 heterocycles. The smallest absolute Gasteiger partial charge is 0.322 e. The van der Waals surface area contributed by atoms with Crippen LogP contribution in [-0.2, 0) is 100 Å². The Hall–Kier alpha value is -9.42. The summed E-state index contributed by atoms with van der Waals surface area (Å²) in [6, 6.07) is 24.5. The van der Waals surface area contributed by atoms with Crippen molar-refractivity contribution in [2.24, 2.45) is 0 Å². The van der Waals surface area contributed by atoms with Gasteiger partial charge in [-0.2, -0.15) is 34.4 Å². The molecule has 2 amide bonds. The Labute approximate surface area is 637 Å². The number of carbonyl (C=O) groups is 4. The van der Waals surface area contributed by atoms with Crippen molar-refractivity contribution in [3.63, 3.8) is 0 Å². The van der Waals surface area contributed by atoms with Crippen LogP contribution in [0.2, 0.25) is 0 Å². The van der Waals surface area contributed by atoms with Crippen LogP contribution < -0.4 is 20.4 Å². The van der Waals surface area contributed by atoms with Gasteiger partial charge in [0, 0.05) is 124 Å². The van der Waals surface area contributed by atoms with E-state index in [2.05, 4.69) is 43.9 Å². The van der Waals surface area contributed by atoms with Gasteiger partial charge in [0.2, 0.25) is 23.2 Å². The number of carboxylic acid groups (broad SMARTS) is 1. The monoisotopic (exact) mass is 1580 g/mol. The van der Waals surface area contributed by atoms with E-state index < -0.39 is 109 Å². The first-order valence-electron chi connectivity index (χ1n) is 35.2. The molecule has 7 N–H and O–H groups in total. The minimum Gasteiger partial charge on any atom is -0.480 e. The molecule has 0 bridgehead atoms. The van der Waals surface area contributed by atoms with Crippen LogP contribution in [0.25, 0.3) is 0 Å². The quantitative estimate of drug-likeness (QED) is 0.00223. The van der Waals surface area contributed by atoms with Gasteiger partial charge >= 0.3 is 5.97 Å². The number of anilines is 2. The van der Waals surface area contributed by atoms with Crippen LogP contribution in [0.1, 0.15) is 152 Å².